The third-order valence-electron chi connectivity index (χ3n) is 2.04. The molecule has 78 valence electrons. The summed E-state index contributed by atoms with van der Waals surface area (Å²) >= 11 is 0. The van der Waals surface area contributed by atoms with Crippen LogP contribution in [0.15, 0.2) is 24.3 Å². The van der Waals surface area contributed by atoms with Crippen LogP contribution in [0.4, 0.5) is 0 Å². The number of carbonyl (C=O) groups excluding carboxylic acids is 1. The van der Waals surface area contributed by atoms with Gasteiger partial charge in [-0.2, -0.15) is 0 Å². The predicted molar refractivity (Wildman–Crippen MR) is 61.4 cm³/mol. The molecule has 0 spiro atoms. The minimum atomic E-state index is -0.257. The van der Waals surface area contributed by atoms with Gasteiger partial charge >= 0.3 is 0 Å². The van der Waals surface area contributed by atoms with Gasteiger partial charge in [-0.3, -0.25) is 4.79 Å². The standard InChI is InChI=1S/C13H15NO/c1-3-4-11-5-7-12(8-6-11)9-10-13(15)14-2/h5-8H,3-4H2,1-2H3,(H,14,15). The lowest BCUT2D eigenvalue weighted by Gasteiger charge is -1.97. The van der Waals surface area contributed by atoms with E-state index in [0.717, 1.165) is 18.4 Å². The Kier molecular flexibility index (Phi) is 4.43. The zero-order valence-electron chi connectivity index (χ0n) is 9.13. The first-order valence-electron chi connectivity index (χ1n) is 5.09. The third-order valence-corrected chi connectivity index (χ3v) is 2.04. The van der Waals surface area contributed by atoms with Crippen LogP contribution in [0.25, 0.3) is 0 Å². The van der Waals surface area contributed by atoms with Crippen molar-refractivity contribution >= 4 is 5.91 Å². The van der Waals surface area contributed by atoms with Gasteiger partial charge in [0.25, 0.3) is 5.91 Å². The SMILES string of the molecule is CCCc1ccc(C#CC(=O)NC)cc1. The van der Waals surface area contributed by atoms with Gasteiger partial charge in [-0.15, -0.1) is 0 Å². The van der Waals surface area contributed by atoms with Crippen molar-refractivity contribution in [1.82, 2.24) is 5.32 Å². The van der Waals surface area contributed by atoms with E-state index in [1.807, 2.05) is 12.1 Å². The molecule has 0 saturated carbocycles. The van der Waals surface area contributed by atoms with Gasteiger partial charge in [0, 0.05) is 18.5 Å². The molecule has 0 aliphatic rings. The van der Waals surface area contributed by atoms with Gasteiger partial charge in [-0.1, -0.05) is 31.4 Å². The van der Waals surface area contributed by atoms with Gasteiger partial charge in [-0.25, -0.2) is 0 Å². The summed E-state index contributed by atoms with van der Waals surface area (Å²) in [6.07, 6.45) is 2.23. The van der Waals surface area contributed by atoms with Gasteiger partial charge < -0.3 is 5.32 Å². The fourth-order valence-electron chi connectivity index (χ4n) is 1.23. The van der Waals surface area contributed by atoms with Crippen molar-refractivity contribution in [3.8, 4) is 11.8 Å². The number of carbonyl (C=O) groups is 1. The predicted octanol–water partition coefficient (Wildman–Crippen LogP) is 1.74. The summed E-state index contributed by atoms with van der Waals surface area (Å²) in [6.45, 7) is 2.15. The van der Waals surface area contributed by atoms with Crippen LogP contribution in [0.3, 0.4) is 0 Å². The van der Waals surface area contributed by atoms with E-state index in [1.165, 1.54) is 5.56 Å². The van der Waals surface area contributed by atoms with E-state index in [-0.39, 0.29) is 5.91 Å². The number of rotatable bonds is 2. The molecule has 2 nitrogen and oxygen atoms in total. The molecule has 0 atom stereocenters. The number of aryl methyl sites for hydroxylation is 1. The largest absolute Gasteiger partial charge is 0.348 e. The van der Waals surface area contributed by atoms with E-state index >= 15 is 0 Å². The molecular weight excluding hydrogens is 186 g/mol. The molecule has 0 bridgehead atoms. The molecule has 0 aliphatic heterocycles. The van der Waals surface area contributed by atoms with Gasteiger partial charge in [0.2, 0.25) is 0 Å². The molecule has 1 aromatic carbocycles. The van der Waals surface area contributed by atoms with Crippen molar-refractivity contribution in [1.29, 1.82) is 0 Å². The minimum absolute atomic E-state index is 0.257. The molecule has 0 heterocycles. The lowest BCUT2D eigenvalue weighted by atomic mass is 10.1. The Morgan fingerprint density at radius 3 is 2.53 bits per heavy atom. The Balaban J connectivity index is 2.70. The molecule has 1 aromatic rings. The fourth-order valence-corrected chi connectivity index (χ4v) is 1.23. The van der Waals surface area contributed by atoms with Gasteiger partial charge in [0.05, 0.1) is 0 Å². The summed E-state index contributed by atoms with van der Waals surface area (Å²) in [5.74, 6) is 5.05. The van der Waals surface area contributed by atoms with Crippen molar-refractivity contribution in [2.45, 2.75) is 19.8 Å². The van der Waals surface area contributed by atoms with Crippen LogP contribution in [-0.2, 0) is 11.2 Å². The Bertz CT molecular complexity index is 381. The Morgan fingerprint density at radius 1 is 1.33 bits per heavy atom. The quantitative estimate of drug-likeness (QED) is 0.725. The van der Waals surface area contributed by atoms with Crippen molar-refractivity contribution < 1.29 is 4.79 Å². The maximum atomic E-state index is 10.9. The highest BCUT2D eigenvalue weighted by Gasteiger charge is 1.91. The summed E-state index contributed by atoms with van der Waals surface area (Å²) in [4.78, 5) is 10.9. The number of benzene rings is 1. The Morgan fingerprint density at radius 2 is 2.00 bits per heavy atom. The highest BCUT2D eigenvalue weighted by atomic mass is 16.1. The molecule has 0 fully saturated rings. The number of hydrogen-bond donors (Lipinski definition) is 1. The number of nitrogens with one attached hydrogen (secondary N) is 1. The third kappa shape index (κ3) is 3.86. The topological polar surface area (TPSA) is 29.1 Å². The molecule has 1 amide bonds. The van der Waals surface area contributed by atoms with Crippen molar-refractivity contribution in [2.24, 2.45) is 0 Å². The maximum Gasteiger partial charge on any atom is 0.295 e. The zero-order valence-corrected chi connectivity index (χ0v) is 9.13. The van der Waals surface area contributed by atoms with Crippen LogP contribution in [0, 0.1) is 11.8 Å². The van der Waals surface area contributed by atoms with E-state index in [1.54, 1.807) is 7.05 Å². The number of hydrogen-bond acceptors (Lipinski definition) is 1. The molecule has 15 heavy (non-hydrogen) atoms. The molecule has 0 aromatic heterocycles. The van der Waals surface area contributed by atoms with E-state index in [4.69, 9.17) is 0 Å². The lowest BCUT2D eigenvalue weighted by molar-refractivity contribution is -0.115. The second-order valence-corrected chi connectivity index (χ2v) is 3.28. The zero-order chi connectivity index (χ0) is 11.1. The van der Waals surface area contributed by atoms with Crippen molar-refractivity contribution in [3.05, 3.63) is 35.4 Å². The summed E-state index contributed by atoms with van der Waals surface area (Å²) in [7, 11) is 1.57. The Hall–Kier alpha value is -1.75. The fraction of sp³-hybridized carbons (Fsp3) is 0.308. The van der Waals surface area contributed by atoms with E-state index in [9.17, 15) is 4.79 Å². The normalized spacial score (nSPS) is 8.93. The van der Waals surface area contributed by atoms with Crippen molar-refractivity contribution in [3.63, 3.8) is 0 Å². The molecule has 2 heteroatoms. The second-order valence-electron chi connectivity index (χ2n) is 3.28. The molecule has 0 unspecified atom stereocenters. The molecule has 1 rings (SSSR count). The first-order valence-corrected chi connectivity index (χ1v) is 5.09. The maximum absolute atomic E-state index is 10.9. The van der Waals surface area contributed by atoms with Crippen LogP contribution >= 0.6 is 0 Å². The molecular formula is C13H15NO. The van der Waals surface area contributed by atoms with Crippen LogP contribution in [0.2, 0.25) is 0 Å². The average Bonchev–Trinajstić information content (AvgIpc) is 2.28. The van der Waals surface area contributed by atoms with Gasteiger partial charge in [0.1, 0.15) is 0 Å². The summed E-state index contributed by atoms with van der Waals surface area (Å²) in [5, 5.41) is 2.45. The molecule has 0 saturated heterocycles. The Labute approximate surface area is 90.7 Å². The highest BCUT2D eigenvalue weighted by molar-refractivity contribution is 5.93. The van der Waals surface area contributed by atoms with Gasteiger partial charge in [0.15, 0.2) is 0 Å². The van der Waals surface area contributed by atoms with E-state index in [2.05, 4.69) is 36.2 Å². The first kappa shape index (κ1) is 11.3. The molecule has 0 radical (unpaired) electrons. The summed E-state index contributed by atoms with van der Waals surface area (Å²) in [5.41, 5.74) is 2.18. The van der Waals surface area contributed by atoms with Crippen LogP contribution in [-0.4, -0.2) is 13.0 Å². The highest BCUT2D eigenvalue weighted by Crippen LogP contribution is 2.05. The molecule has 0 aliphatic carbocycles. The van der Waals surface area contributed by atoms with Crippen LogP contribution in [0.1, 0.15) is 24.5 Å². The van der Waals surface area contributed by atoms with Gasteiger partial charge in [-0.05, 0) is 24.1 Å². The van der Waals surface area contributed by atoms with Crippen molar-refractivity contribution in [2.75, 3.05) is 7.05 Å². The summed E-state index contributed by atoms with van der Waals surface area (Å²) in [6, 6.07) is 8.00. The molecule has 1 N–H and O–H groups in total. The monoisotopic (exact) mass is 201 g/mol. The second kappa shape index (κ2) is 5.87. The smallest absolute Gasteiger partial charge is 0.295 e. The van der Waals surface area contributed by atoms with Crippen LogP contribution < -0.4 is 5.32 Å². The summed E-state index contributed by atoms with van der Waals surface area (Å²) < 4.78 is 0. The number of amides is 1. The van der Waals surface area contributed by atoms with E-state index in [0.29, 0.717) is 0 Å². The average molecular weight is 201 g/mol. The van der Waals surface area contributed by atoms with Crippen LogP contribution in [0.5, 0.6) is 0 Å². The minimum Gasteiger partial charge on any atom is -0.348 e. The first-order chi connectivity index (χ1) is 7.26. The van der Waals surface area contributed by atoms with E-state index < -0.39 is 0 Å². The lowest BCUT2D eigenvalue weighted by Crippen LogP contribution is -2.14.